The van der Waals surface area contributed by atoms with Crippen LogP contribution in [0.3, 0.4) is 0 Å². The second-order valence-electron chi connectivity index (χ2n) is 6.88. The lowest BCUT2D eigenvalue weighted by atomic mass is 10.1. The third-order valence-corrected chi connectivity index (χ3v) is 5.05. The second-order valence-corrected chi connectivity index (χ2v) is 6.88. The van der Waals surface area contributed by atoms with Gasteiger partial charge in [0.25, 0.3) is 11.8 Å². The first-order valence-electron chi connectivity index (χ1n) is 9.08. The van der Waals surface area contributed by atoms with E-state index < -0.39 is 23.8 Å². The van der Waals surface area contributed by atoms with Crippen LogP contribution in [0.5, 0.6) is 5.75 Å². The average Bonchev–Trinajstić information content (AvgIpc) is 2.97. The highest BCUT2D eigenvalue weighted by Gasteiger charge is 2.41. The first-order chi connectivity index (χ1) is 13.5. The van der Waals surface area contributed by atoms with Crippen LogP contribution in [0.25, 0.3) is 0 Å². The zero-order valence-electron chi connectivity index (χ0n) is 15.7. The molecule has 144 valence electrons. The summed E-state index contributed by atoms with van der Waals surface area (Å²) < 4.78 is 11.0. The molecule has 1 atom stereocenters. The lowest BCUT2D eigenvalue weighted by Gasteiger charge is -2.28. The van der Waals surface area contributed by atoms with Crippen LogP contribution in [0.4, 0.5) is 5.69 Å². The molecule has 2 aromatic rings. The minimum absolute atomic E-state index is 0.0491. The molecule has 2 heterocycles. The van der Waals surface area contributed by atoms with Crippen LogP contribution in [0.2, 0.25) is 0 Å². The van der Waals surface area contributed by atoms with Gasteiger partial charge >= 0.3 is 5.97 Å². The third-order valence-electron chi connectivity index (χ3n) is 5.05. The number of hydrogen-bond acceptors (Lipinski definition) is 6. The van der Waals surface area contributed by atoms with Crippen LogP contribution in [0.1, 0.15) is 33.2 Å². The fraction of sp³-hybridized carbons (Fsp3) is 0.286. The number of esters is 1. The Bertz CT molecular complexity index is 936. The minimum Gasteiger partial charge on any atom is -0.490 e. The molecule has 2 aliphatic heterocycles. The Kier molecular flexibility index (Phi) is 4.50. The zero-order chi connectivity index (χ0) is 19.8. The molecule has 1 unspecified atom stereocenters. The molecule has 2 aliphatic rings. The van der Waals surface area contributed by atoms with Crippen molar-refractivity contribution in [2.45, 2.75) is 19.6 Å². The molecule has 0 bridgehead atoms. The summed E-state index contributed by atoms with van der Waals surface area (Å²) in [5.74, 6) is -0.782. The Morgan fingerprint density at radius 3 is 2.50 bits per heavy atom. The van der Waals surface area contributed by atoms with Crippen LogP contribution < -0.4 is 9.64 Å². The van der Waals surface area contributed by atoms with Gasteiger partial charge in [-0.2, -0.15) is 0 Å². The van der Waals surface area contributed by atoms with Crippen LogP contribution in [0.15, 0.2) is 42.5 Å². The Hall–Kier alpha value is -3.35. The first kappa shape index (κ1) is 18.0. The number of fused-ring (bicyclic) bond motifs is 2. The van der Waals surface area contributed by atoms with Crippen molar-refractivity contribution < 1.29 is 23.9 Å². The second kappa shape index (κ2) is 6.99. The number of amides is 2. The number of nitrogens with zero attached hydrogens (tertiary/aromatic N) is 2. The number of hydrogen-bond donors (Lipinski definition) is 0. The highest BCUT2D eigenvalue weighted by molar-refractivity contribution is 6.22. The Labute approximate surface area is 162 Å². The normalized spacial score (nSPS) is 16.4. The van der Waals surface area contributed by atoms with Crippen LogP contribution in [-0.4, -0.2) is 48.9 Å². The summed E-state index contributed by atoms with van der Waals surface area (Å²) in [5.41, 5.74) is 2.36. The fourth-order valence-electron chi connectivity index (χ4n) is 3.43. The molecule has 0 saturated carbocycles. The van der Waals surface area contributed by atoms with Crippen molar-refractivity contribution in [3.63, 3.8) is 0 Å². The van der Waals surface area contributed by atoms with E-state index in [0.717, 1.165) is 28.4 Å². The molecule has 0 radical (unpaired) electrons. The van der Waals surface area contributed by atoms with Gasteiger partial charge in [0.15, 0.2) is 0 Å². The first-order valence-corrected chi connectivity index (χ1v) is 9.08. The van der Waals surface area contributed by atoms with E-state index in [-0.39, 0.29) is 6.61 Å². The molecule has 2 aromatic carbocycles. The molecule has 7 heteroatoms. The molecule has 28 heavy (non-hydrogen) atoms. The van der Waals surface area contributed by atoms with E-state index in [0.29, 0.717) is 17.7 Å². The van der Waals surface area contributed by atoms with Gasteiger partial charge < -0.3 is 14.4 Å². The summed E-state index contributed by atoms with van der Waals surface area (Å²) in [7, 11) is 1.97. The standard InChI is InChI=1S/C21H20N2O5/c1-13(23-19(24)15-5-3-4-6-16(15)20(23)25)21(26)28-12-14-7-8-18-17(11-14)22(2)9-10-27-18/h3-8,11,13H,9-10,12H2,1-2H3. The lowest BCUT2D eigenvalue weighted by Crippen LogP contribution is -2.43. The van der Waals surface area contributed by atoms with Gasteiger partial charge in [-0.1, -0.05) is 18.2 Å². The van der Waals surface area contributed by atoms with Crippen molar-refractivity contribution in [1.82, 2.24) is 4.90 Å². The predicted octanol–water partition coefficient (Wildman–Crippen LogP) is 2.24. The van der Waals surface area contributed by atoms with Gasteiger partial charge in [-0.3, -0.25) is 14.5 Å². The monoisotopic (exact) mass is 380 g/mol. The molecule has 7 nitrogen and oxygen atoms in total. The van der Waals surface area contributed by atoms with Gasteiger partial charge in [0, 0.05) is 7.05 Å². The summed E-state index contributed by atoms with van der Waals surface area (Å²) in [6.45, 7) is 2.97. The fourth-order valence-corrected chi connectivity index (χ4v) is 3.43. The molecule has 0 N–H and O–H groups in total. The summed E-state index contributed by atoms with van der Waals surface area (Å²) in [6, 6.07) is 11.1. The Morgan fingerprint density at radius 1 is 1.14 bits per heavy atom. The van der Waals surface area contributed by atoms with Crippen LogP contribution in [-0.2, 0) is 16.1 Å². The molecular weight excluding hydrogens is 360 g/mol. The van der Waals surface area contributed by atoms with Gasteiger partial charge in [-0.05, 0) is 36.8 Å². The number of likely N-dealkylation sites (N-methyl/N-ethyl adjacent to an activating group) is 1. The maximum absolute atomic E-state index is 12.5. The molecule has 2 amide bonds. The quantitative estimate of drug-likeness (QED) is 0.598. The topological polar surface area (TPSA) is 76.2 Å². The van der Waals surface area contributed by atoms with Gasteiger partial charge in [0.1, 0.15) is 25.0 Å². The van der Waals surface area contributed by atoms with Crippen molar-refractivity contribution in [1.29, 1.82) is 0 Å². The van der Waals surface area contributed by atoms with Crippen LogP contribution >= 0.6 is 0 Å². The highest BCUT2D eigenvalue weighted by Crippen LogP contribution is 2.31. The lowest BCUT2D eigenvalue weighted by molar-refractivity contribution is -0.149. The predicted molar refractivity (Wildman–Crippen MR) is 101 cm³/mol. The number of anilines is 1. The van der Waals surface area contributed by atoms with Crippen molar-refractivity contribution >= 4 is 23.5 Å². The molecule has 0 spiro atoms. The number of carbonyl (C=O) groups is 3. The summed E-state index contributed by atoms with van der Waals surface area (Å²) >= 11 is 0. The molecule has 0 fully saturated rings. The highest BCUT2D eigenvalue weighted by atomic mass is 16.5. The van der Waals surface area contributed by atoms with Gasteiger partial charge in [0.2, 0.25) is 0 Å². The SMILES string of the molecule is CC(C(=O)OCc1ccc2c(c1)N(C)CCO2)N1C(=O)c2ccccc2C1=O. The van der Waals surface area contributed by atoms with Gasteiger partial charge in [-0.25, -0.2) is 4.79 Å². The molecule has 0 aliphatic carbocycles. The van der Waals surface area contributed by atoms with Crippen molar-refractivity contribution in [2.24, 2.45) is 0 Å². The van der Waals surface area contributed by atoms with Crippen LogP contribution in [0, 0.1) is 0 Å². The largest absolute Gasteiger partial charge is 0.490 e. The third kappa shape index (κ3) is 2.98. The van der Waals surface area contributed by atoms with Crippen molar-refractivity contribution in [3.8, 4) is 5.75 Å². The summed E-state index contributed by atoms with van der Waals surface area (Å²) in [6.07, 6.45) is 0. The number of rotatable bonds is 4. The zero-order valence-corrected chi connectivity index (χ0v) is 15.7. The average molecular weight is 380 g/mol. The maximum Gasteiger partial charge on any atom is 0.329 e. The van der Waals surface area contributed by atoms with E-state index in [1.54, 1.807) is 24.3 Å². The smallest absolute Gasteiger partial charge is 0.329 e. The number of benzene rings is 2. The van der Waals surface area contributed by atoms with E-state index in [9.17, 15) is 14.4 Å². The number of imide groups is 1. The minimum atomic E-state index is -1.00. The van der Waals surface area contributed by atoms with E-state index in [1.165, 1.54) is 6.92 Å². The number of carbonyl (C=O) groups excluding carboxylic acids is 3. The maximum atomic E-state index is 12.5. The Morgan fingerprint density at radius 2 is 1.82 bits per heavy atom. The van der Waals surface area contributed by atoms with E-state index >= 15 is 0 Å². The van der Waals surface area contributed by atoms with E-state index in [1.807, 2.05) is 25.2 Å². The van der Waals surface area contributed by atoms with Gasteiger partial charge in [-0.15, -0.1) is 0 Å². The number of ether oxygens (including phenoxy) is 2. The van der Waals surface area contributed by atoms with E-state index in [2.05, 4.69) is 4.90 Å². The molecular formula is C21H20N2O5. The molecule has 0 saturated heterocycles. The Balaban J connectivity index is 1.44. The van der Waals surface area contributed by atoms with Crippen molar-refractivity contribution in [2.75, 3.05) is 25.1 Å². The molecule has 0 aromatic heterocycles. The van der Waals surface area contributed by atoms with E-state index in [4.69, 9.17) is 9.47 Å². The summed E-state index contributed by atoms with van der Waals surface area (Å²) in [5, 5.41) is 0. The van der Waals surface area contributed by atoms with Gasteiger partial charge in [0.05, 0.1) is 23.4 Å². The molecule has 4 rings (SSSR count). The van der Waals surface area contributed by atoms with Crippen molar-refractivity contribution in [3.05, 3.63) is 59.2 Å². The summed E-state index contributed by atoms with van der Waals surface area (Å²) in [4.78, 5) is 40.5.